The maximum Gasteiger partial charge on any atom is 0.0918 e. The first-order valence-electron chi connectivity index (χ1n) is 9.32. The second kappa shape index (κ2) is 14.1. The van der Waals surface area contributed by atoms with E-state index in [2.05, 4.69) is 78.5 Å². The Morgan fingerprint density at radius 2 is 1.48 bits per heavy atom. The molecule has 0 spiro atoms. The largest absolute Gasteiger partial charge is 0.365 e. The summed E-state index contributed by atoms with van der Waals surface area (Å²) in [6.45, 7) is 3.88. The Kier molecular flexibility index (Phi) is 13.6. The molecule has 0 bridgehead atoms. The van der Waals surface area contributed by atoms with Gasteiger partial charge in [0.2, 0.25) is 0 Å². The Hall–Kier alpha value is -1.01. The molecule has 2 N–H and O–H groups in total. The van der Waals surface area contributed by atoms with Gasteiger partial charge in [-0.1, -0.05) is 42.5 Å². The van der Waals surface area contributed by atoms with Gasteiger partial charge in [0.25, 0.3) is 0 Å². The lowest BCUT2D eigenvalue weighted by atomic mass is 10.1. The van der Waals surface area contributed by atoms with Crippen LogP contribution in [0, 0.1) is 0 Å². The number of anilines is 1. The van der Waals surface area contributed by atoms with E-state index in [1.165, 1.54) is 32.6 Å². The molecule has 0 saturated heterocycles. The van der Waals surface area contributed by atoms with Gasteiger partial charge in [-0.2, -0.15) is 0 Å². The Balaban J connectivity index is 0.00000261. The smallest absolute Gasteiger partial charge is 0.0918 e. The molecule has 1 heterocycles. The molecule has 0 fully saturated rings. The summed E-state index contributed by atoms with van der Waals surface area (Å²) in [4.78, 5) is 4.80. The summed E-state index contributed by atoms with van der Waals surface area (Å²) in [5.41, 5.74) is 8.26. The van der Waals surface area contributed by atoms with Gasteiger partial charge in [-0.25, -0.2) is 0 Å². The molecule has 3 rings (SSSR count). The van der Waals surface area contributed by atoms with Crippen LogP contribution in [-0.4, -0.2) is 38.6 Å². The van der Waals surface area contributed by atoms with Crippen molar-refractivity contribution in [3.63, 3.8) is 0 Å². The second-order valence-corrected chi connectivity index (χ2v) is 8.03. The minimum atomic E-state index is 0. The monoisotopic (exact) mass is 475 g/mol. The van der Waals surface area contributed by atoms with Crippen LogP contribution in [0.1, 0.15) is 17.5 Å². The zero-order chi connectivity index (χ0) is 18.4. The molecule has 29 heavy (non-hydrogen) atoms. The predicted molar refractivity (Wildman–Crippen MR) is 137 cm³/mol. The quantitative estimate of drug-likeness (QED) is 0.434. The van der Waals surface area contributed by atoms with Crippen molar-refractivity contribution in [1.29, 1.82) is 0 Å². The van der Waals surface area contributed by atoms with Gasteiger partial charge in [-0.3, -0.25) is 0 Å². The number of thiophene rings is 1. The number of benzene rings is 2. The highest BCUT2D eigenvalue weighted by molar-refractivity contribution is 7.22. The van der Waals surface area contributed by atoms with E-state index in [-0.39, 0.29) is 37.2 Å². The van der Waals surface area contributed by atoms with Crippen LogP contribution in [0.5, 0.6) is 0 Å². The molecule has 1 aromatic heterocycles. The maximum absolute atomic E-state index is 5.65. The molecular weight excluding hydrogens is 445 g/mol. The van der Waals surface area contributed by atoms with Gasteiger partial charge in [-0.15, -0.1) is 48.6 Å². The molecule has 0 amide bonds. The summed E-state index contributed by atoms with van der Waals surface area (Å²) in [7, 11) is 4.41. The number of aryl methyl sites for hydroxylation is 1. The minimum Gasteiger partial charge on any atom is -0.365 e. The Bertz CT molecular complexity index is 791. The standard InChI is InChI=1S/C22H29N3S.3ClH/c1-24(13-5-6-18-9-11-19(17-23)12-10-18)14-15-25(2)22-16-20-7-3-4-8-21(20)26-22;;;/h3-4,7-12,16H,5-6,13-15,17,23H2,1-2H3;3*1H. The third-order valence-corrected chi connectivity index (χ3v) is 6.10. The zero-order valence-electron chi connectivity index (χ0n) is 17.0. The molecule has 0 unspecified atom stereocenters. The Labute approximate surface area is 197 Å². The van der Waals surface area contributed by atoms with Crippen molar-refractivity contribution >= 4 is 63.6 Å². The van der Waals surface area contributed by atoms with E-state index in [0.29, 0.717) is 6.54 Å². The van der Waals surface area contributed by atoms with Crippen LogP contribution in [-0.2, 0) is 13.0 Å². The van der Waals surface area contributed by atoms with Gasteiger partial charge in [0.05, 0.1) is 5.00 Å². The lowest BCUT2D eigenvalue weighted by Crippen LogP contribution is -2.31. The third kappa shape index (κ3) is 8.33. The van der Waals surface area contributed by atoms with Crippen LogP contribution in [0.15, 0.2) is 54.6 Å². The van der Waals surface area contributed by atoms with Crippen molar-refractivity contribution < 1.29 is 0 Å². The molecule has 0 aliphatic rings. The van der Waals surface area contributed by atoms with E-state index in [1.807, 2.05) is 11.3 Å². The third-order valence-electron chi connectivity index (χ3n) is 4.87. The number of rotatable bonds is 9. The molecule has 7 heteroatoms. The van der Waals surface area contributed by atoms with Crippen LogP contribution in [0.3, 0.4) is 0 Å². The van der Waals surface area contributed by atoms with E-state index >= 15 is 0 Å². The highest BCUT2D eigenvalue weighted by Crippen LogP contribution is 2.31. The highest BCUT2D eigenvalue weighted by Gasteiger charge is 2.07. The fraction of sp³-hybridized carbons (Fsp3) is 0.364. The van der Waals surface area contributed by atoms with Gasteiger partial charge in [-0.05, 0) is 55.1 Å². The molecular formula is C22H32Cl3N3S. The van der Waals surface area contributed by atoms with Crippen molar-refractivity contribution in [2.45, 2.75) is 19.4 Å². The highest BCUT2D eigenvalue weighted by atomic mass is 35.5. The van der Waals surface area contributed by atoms with Gasteiger partial charge >= 0.3 is 0 Å². The molecule has 162 valence electrons. The van der Waals surface area contributed by atoms with Gasteiger partial charge in [0.1, 0.15) is 0 Å². The van der Waals surface area contributed by atoms with Crippen LogP contribution in [0.4, 0.5) is 5.00 Å². The second-order valence-electron chi connectivity index (χ2n) is 6.97. The average Bonchev–Trinajstić information content (AvgIpc) is 3.11. The number of hydrogen-bond acceptors (Lipinski definition) is 4. The SMILES string of the molecule is CN(CCCc1ccc(CN)cc1)CCN(C)c1cc2ccccc2s1.Cl.Cl.Cl. The van der Waals surface area contributed by atoms with E-state index in [1.54, 1.807) is 0 Å². The van der Waals surface area contributed by atoms with E-state index < -0.39 is 0 Å². The summed E-state index contributed by atoms with van der Waals surface area (Å²) in [5, 5.41) is 2.69. The van der Waals surface area contributed by atoms with Crippen molar-refractivity contribution in [2.24, 2.45) is 5.73 Å². The van der Waals surface area contributed by atoms with Crippen molar-refractivity contribution in [2.75, 3.05) is 38.6 Å². The van der Waals surface area contributed by atoms with Crippen molar-refractivity contribution in [1.82, 2.24) is 4.90 Å². The van der Waals surface area contributed by atoms with Crippen LogP contribution in [0.25, 0.3) is 10.1 Å². The van der Waals surface area contributed by atoms with Gasteiger partial charge in [0, 0.05) is 31.4 Å². The zero-order valence-corrected chi connectivity index (χ0v) is 20.3. The molecule has 0 atom stereocenters. The molecule has 0 aliphatic heterocycles. The first-order valence-corrected chi connectivity index (χ1v) is 10.1. The molecule has 3 aromatic rings. The number of fused-ring (bicyclic) bond motifs is 1. The van der Waals surface area contributed by atoms with Crippen molar-refractivity contribution in [3.05, 3.63) is 65.7 Å². The topological polar surface area (TPSA) is 32.5 Å². The van der Waals surface area contributed by atoms with Crippen molar-refractivity contribution in [3.8, 4) is 0 Å². The first kappa shape index (κ1) is 28.0. The summed E-state index contributed by atoms with van der Waals surface area (Å²) in [5.74, 6) is 0. The lowest BCUT2D eigenvalue weighted by Gasteiger charge is -2.22. The normalized spacial score (nSPS) is 10.2. The predicted octanol–water partition coefficient (Wildman–Crippen LogP) is 5.63. The minimum absolute atomic E-state index is 0. The summed E-state index contributed by atoms with van der Waals surface area (Å²) < 4.78 is 1.36. The number of likely N-dealkylation sites (N-methyl/N-ethyl adjacent to an activating group) is 2. The van der Waals surface area contributed by atoms with E-state index in [9.17, 15) is 0 Å². The Morgan fingerprint density at radius 3 is 2.14 bits per heavy atom. The fourth-order valence-electron chi connectivity index (χ4n) is 3.09. The maximum atomic E-state index is 5.65. The lowest BCUT2D eigenvalue weighted by molar-refractivity contribution is 0.337. The fourth-order valence-corrected chi connectivity index (χ4v) is 4.14. The summed E-state index contributed by atoms with van der Waals surface area (Å²) in [6.07, 6.45) is 2.31. The molecule has 0 aliphatic carbocycles. The van der Waals surface area contributed by atoms with Crippen LogP contribution >= 0.6 is 48.6 Å². The molecule has 3 nitrogen and oxygen atoms in total. The first-order chi connectivity index (χ1) is 12.7. The summed E-state index contributed by atoms with van der Waals surface area (Å²) >= 11 is 1.87. The average molecular weight is 477 g/mol. The van der Waals surface area contributed by atoms with Gasteiger partial charge < -0.3 is 15.5 Å². The molecule has 0 radical (unpaired) electrons. The number of hydrogen-bond donors (Lipinski definition) is 1. The van der Waals surface area contributed by atoms with Crippen LogP contribution in [0.2, 0.25) is 0 Å². The molecule has 2 aromatic carbocycles. The summed E-state index contributed by atoms with van der Waals surface area (Å²) in [6, 6.07) is 19.6. The van der Waals surface area contributed by atoms with E-state index in [4.69, 9.17) is 5.73 Å². The molecule has 0 saturated carbocycles. The van der Waals surface area contributed by atoms with Gasteiger partial charge in [0.15, 0.2) is 0 Å². The number of nitrogens with zero attached hydrogens (tertiary/aromatic N) is 2. The Morgan fingerprint density at radius 1 is 0.828 bits per heavy atom. The van der Waals surface area contributed by atoms with E-state index in [0.717, 1.165) is 26.1 Å². The number of halogens is 3. The number of nitrogens with two attached hydrogens (primary N) is 1. The van der Waals surface area contributed by atoms with Crippen LogP contribution < -0.4 is 10.6 Å².